The van der Waals surface area contributed by atoms with E-state index in [0.29, 0.717) is 12.6 Å². The lowest BCUT2D eigenvalue weighted by atomic mass is 10.1. The molecular weight excluding hydrogens is 390 g/mol. The van der Waals surface area contributed by atoms with Gasteiger partial charge in [0.05, 0.1) is 0 Å². The largest absolute Gasteiger partial charge is 0.489 e. The van der Waals surface area contributed by atoms with E-state index >= 15 is 0 Å². The van der Waals surface area contributed by atoms with E-state index in [1.807, 2.05) is 24.3 Å². The molecule has 0 atom stereocenters. The van der Waals surface area contributed by atoms with Crippen LogP contribution in [0, 0.1) is 0 Å². The molecule has 0 aromatic heterocycles. The minimum atomic E-state index is 0. The monoisotopic (exact) mass is 415 g/mol. The highest BCUT2D eigenvalue weighted by molar-refractivity contribution is 5.85. The van der Waals surface area contributed by atoms with Gasteiger partial charge in [0.25, 0.3) is 0 Å². The third-order valence-electron chi connectivity index (χ3n) is 5.55. The van der Waals surface area contributed by atoms with Crippen molar-refractivity contribution in [1.29, 1.82) is 0 Å². The van der Waals surface area contributed by atoms with Crippen LogP contribution in [0.15, 0.2) is 97.1 Å². The summed E-state index contributed by atoms with van der Waals surface area (Å²) in [6.07, 6.45) is 2.53. The van der Waals surface area contributed by atoms with Crippen LogP contribution < -0.4 is 9.64 Å². The number of hydrogen-bond acceptors (Lipinski definition) is 2. The molecule has 0 bridgehead atoms. The van der Waals surface area contributed by atoms with E-state index in [-0.39, 0.29) is 12.4 Å². The summed E-state index contributed by atoms with van der Waals surface area (Å²) in [5, 5.41) is 2.60. The summed E-state index contributed by atoms with van der Waals surface area (Å²) >= 11 is 0. The van der Waals surface area contributed by atoms with Gasteiger partial charge in [-0.2, -0.15) is 0 Å². The number of nitrogens with zero attached hydrogens (tertiary/aromatic N) is 1. The summed E-state index contributed by atoms with van der Waals surface area (Å²) in [7, 11) is 0. The van der Waals surface area contributed by atoms with E-state index in [1.54, 1.807) is 0 Å². The highest BCUT2D eigenvalue weighted by Crippen LogP contribution is 2.35. The molecule has 152 valence electrons. The number of ether oxygens (including phenoxy) is 1. The molecule has 0 spiro atoms. The molecule has 2 nitrogen and oxygen atoms in total. The molecule has 3 heteroatoms. The van der Waals surface area contributed by atoms with Crippen molar-refractivity contribution in [2.24, 2.45) is 0 Å². The molecule has 0 heterocycles. The Balaban J connectivity index is 0.00000218. The molecule has 0 aliphatic heterocycles. The van der Waals surface area contributed by atoms with Crippen molar-refractivity contribution in [2.45, 2.75) is 32.0 Å². The molecule has 4 aromatic carbocycles. The van der Waals surface area contributed by atoms with Gasteiger partial charge in [0.1, 0.15) is 12.4 Å². The Bertz CT molecular complexity index is 1110. The van der Waals surface area contributed by atoms with Crippen molar-refractivity contribution in [1.82, 2.24) is 0 Å². The molecule has 1 saturated carbocycles. The Hall–Kier alpha value is -2.97. The maximum atomic E-state index is 6.06. The van der Waals surface area contributed by atoms with Crippen LogP contribution in [0.25, 0.3) is 10.8 Å². The maximum Gasteiger partial charge on any atom is 0.121 e. The SMILES string of the molecule is Cl.c1ccc(COc2cccc(N(Cc3ccc4ccccc4c3)C3CC3)c2)cc1. The number of hydrogen-bond donors (Lipinski definition) is 0. The van der Waals surface area contributed by atoms with Gasteiger partial charge in [-0.3, -0.25) is 0 Å². The maximum absolute atomic E-state index is 6.06. The van der Waals surface area contributed by atoms with E-state index < -0.39 is 0 Å². The van der Waals surface area contributed by atoms with E-state index in [2.05, 4.69) is 77.7 Å². The second-order valence-corrected chi connectivity index (χ2v) is 7.81. The zero-order valence-electron chi connectivity index (χ0n) is 16.9. The number of halogens is 1. The van der Waals surface area contributed by atoms with Crippen molar-refractivity contribution in [3.63, 3.8) is 0 Å². The van der Waals surface area contributed by atoms with E-state index in [9.17, 15) is 0 Å². The predicted molar refractivity (Wildman–Crippen MR) is 128 cm³/mol. The lowest BCUT2D eigenvalue weighted by molar-refractivity contribution is 0.306. The van der Waals surface area contributed by atoms with Gasteiger partial charge in [-0.1, -0.05) is 72.8 Å². The fourth-order valence-corrected chi connectivity index (χ4v) is 3.84. The van der Waals surface area contributed by atoms with E-state index in [0.717, 1.165) is 12.3 Å². The molecule has 0 amide bonds. The van der Waals surface area contributed by atoms with Crippen molar-refractivity contribution in [2.75, 3.05) is 4.90 Å². The highest BCUT2D eigenvalue weighted by Gasteiger charge is 2.29. The van der Waals surface area contributed by atoms with Crippen molar-refractivity contribution in [3.8, 4) is 5.75 Å². The highest BCUT2D eigenvalue weighted by atomic mass is 35.5. The molecule has 0 unspecified atom stereocenters. The number of rotatable bonds is 7. The zero-order valence-corrected chi connectivity index (χ0v) is 17.7. The Morgan fingerprint density at radius 2 is 1.47 bits per heavy atom. The number of anilines is 1. The van der Waals surface area contributed by atoms with Crippen LogP contribution in [-0.4, -0.2) is 6.04 Å². The van der Waals surface area contributed by atoms with Gasteiger partial charge in [0, 0.05) is 24.3 Å². The van der Waals surface area contributed by atoms with E-state index in [4.69, 9.17) is 4.74 Å². The summed E-state index contributed by atoms with van der Waals surface area (Å²) in [5.74, 6) is 0.926. The molecule has 0 radical (unpaired) electrons. The first-order valence-corrected chi connectivity index (χ1v) is 10.4. The van der Waals surface area contributed by atoms with Crippen LogP contribution >= 0.6 is 12.4 Å². The summed E-state index contributed by atoms with van der Waals surface area (Å²) in [5.41, 5.74) is 3.78. The summed E-state index contributed by atoms with van der Waals surface area (Å²) in [6, 6.07) is 34.9. The molecule has 0 N–H and O–H groups in total. The Morgan fingerprint density at radius 3 is 2.27 bits per heavy atom. The first-order chi connectivity index (χ1) is 14.3. The lowest BCUT2D eigenvalue weighted by Gasteiger charge is -2.25. The van der Waals surface area contributed by atoms with Crippen molar-refractivity contribution in [3.05, 3.63) is 108 Å². The standard InChI is InChI=1S/C27H25NO.ClH/c1-2-7-21(8-3-1)20-29-27-12-6-11-26(18-27)28(25-15-16-25)19-22-13-14-23-9-4-5-10-24(23)17-22;/h1-14,17-18,25H,15-16,19-20H2;1H. The minimum absolute atomic E-state index is 0. The normalized spacial score (nSPS) is 12.9. The van der Waals surface area contributed by atoms with Crippen LogP contribution in [-0.2, 0) is 13.2 Å². The second-order valence-electron chi connectivity index (χ2n) is 7.81. The molecule has 1 aliphatic carbocycles. The molecule has 5 rings (SSSR count). The second kappa shape index (κ2) is 9.23. The first kappa shape index (κ1) is 20.3. The van der Waals surface area contributed by atoms with Crippen LogP contribution in [0.5, 0.6) is 5.75 Å². The summed E-state index contributed by atoms with van der Waals surface area (Å²) in [6.45, 7) is 1.52. The molecule has 1 fully saturated rings. The fourth-order valence-electron chi connectivity index (χ4n) is 3.84. The smallest absolute Gasteiger partial charge is 0.121 e. The third kappa shape index (κ3) is 4.77. The van der Waals surface area contributed by atoms with Gasteiger partial charge in [0.15, 0.2) is 0 Å². The lowest BCUT2D eigenvalue weighted by Crippen LogP contribution is -2.24. The Morgan fingerprint density at radius 1 is 0.700 bits per heavy atom. The average molecular weight is 416 g/mol. The van der Waals surface area contributed by atoms with Crippen LogP contribution in [0.4, 0.5) is 5.69 Å². The van der Waals surface area contributed by atoms with Crippen LogP contribution in [0.1, 0.15) is 24.0 Å². The van der Waals surface area contributed by atoms with Gasteiger partial charge in [-0.15, -0.1) is 12.4 Å². The molecule has 30 heavy (non-hydrogen) atoms. The molecule has 1 aliphatic rings. The molecular formula is C27H26ClNO. The fraction of sp³-hybridized carbons (Fsp3) is 0.185. The average Bonchev–Trinajstić information content (AvgIpc) is 3.62. The van der Waals surface area contributed by atoms with Gasteiger partial charge in [0.2, 0.25) is 0 Å². The number of fused-ring (bicyclic) bond motifs is 1. The minimum Gasteiger partial charge on any atom is -0.489 e. The molecule has 0 saturated heterocycles. The van der Waals surface area contributed by atoms with Crippen LogP contribution in [0.2, 0.25) is 0 Å². The number of benzene rings is 4. The zero-order chi connectivity index (χ0) is 19.5. The quantitative estimate of drug-likeness (QED) is 0.322. The van der Waals surface area contributed by atoms with Gasteiger partial charge in [-0.25, -0.2) is 0 Å². The van der Waals surface area contributed by atoms with Gasteiger partial charge in [-0.05, 0) is 52.9 Å². The topological polar surface area (TPSA) is 12.5 Å². The molecule has 4 aromatic rings. The van der Waals surface area contributed by atoms with Crippen molar-refractivity contribution >= 4 is 28.9 Å². The Kier molecular flexibility index (Phi) is 6.25. The summed E-state index contributed by atoms with van der Waals surface area (Å²) < 4.78 is 6.06. The predicted octanol–water partition coefficient (Wildman–Crippen LogP) is 7.01. The van der Waals surface area contributed by atoms with Crippen molar-refractivity contribution < 1.29 is 4.74 Å². The van der Waals surface area contributed by atoms with Gasteiger partial charge < -0.3 is 9.64 Å². The third-order valence-corrected chi connectivity index (χ3v) is 5.55. The Labute approximate surface area is 184 Å². The van der Waals surface area contributed by atoms with Crippen LogP contribution in [0.3, 0.4) is 0 Å². The van der Waals surface area contributed by atoms with Gasteiger partial charge >= 0.3 is 0 Å². The van der Waals surface area contributed by atoms with E-state index in [1.165, 1.54) is 40.4 Å². The first-order valence-electron chi connectivity index (χ1n) is 10.4. The summed E-state index contributed by atoms with van der Waals surface area (Å²) in [4.78, 5) is 2.53.